The molecule has 3 heteroatoms. The predicted molar refractivity (Wildman–Crippen MR) is 63.2 cm³/mol. The molecule has 0 saturated heterocycles. The Labute approximate surface area is 97.8 Å². The van der Waals surface area contributed by atoms with Crippen molar-refractivity contribution in [2.24, 2.45) is 11.8 Å². The number of allylic oxidation sites excluding steroid dienone is 1. The summed E-state index contributed by atoms with van der Waals surface area (Å²) in [5.41, 5.74) is 1.18. The van der Waals surface area contributed by atoms with Crippen LogP contribution in [0.1, 0.15) is 40.0 Å². The smallest absolute Gasteiger partial charge is 0.435 e. The minimum Gasteiger partial charge on any atom is -0.435 e. The minimum atomic E-state index is -0.540. The highest BCUT2D eigenvalue weighted by molar-refractivity contribution is 5.60. The van der Waals surface area contributed by atoms with E-state index >= 15 is 0 Å². The number of carbonyl (C=O) groups is 1. The molecule has 0 aromatic carbocycles. The van der Waals surface area contributed by atoms with Crippen LogP contribution < -0.4 is 0 Å². The van der Waals surface area contributed by atoms with Gasteiger partial charge >= 0.3 is 6.16 Å². The van der Waals surface area contributed by atoms with Crippen LogP contribution in [0.3, 0.4) is 0 Å². The first-order chi connectivity index (χ1) is 7.54. The number of carbonyl (C=O) groups excluding carboxylic acids is 1. The summed E-state index contributed by atoms with van der Waals surface area (Å²) in [7, 11) is 0. The van der Waals surface area contributed by atoms with E-state index in [1.54, 1.807) is 6.92 Å². The SMILES string of the molecule is C=C(C)[C@@H]1CCC(C)[C@@H](OC(=O)OCC)C1. The van der Waals surface area contributed by atoms with Gasteiger partial charge < -0.3 is 9.47 Å². The van der Waals surface area contributed by atoms with Crippen molar-refractivity contribution < 1.29 is 14.3 Å². The van der Waals surface area contributed by atoms with Gasteiger partial charge in [0.05, 0.1) is 6.61 Å². The van der Waals surface area contributed by atoms with Crippen molar-refractivity contribution in [1.29, 1.82) is 0 Å². The minimum absolute atomic E-state index is 0.0190. The summed E-state index contributed by atoms with van der Waals surface area (Å²) in [6, 6.07) is 0. The summed E-state index contributed by atoms with van der Waals surface area (Å²) in [6.45, 7) is 10.3. The normalized spacial score (nSPS) is 29.6. The summed E-state index contributed by atoms with van der Waals surface area (Å²) in [4.78, 5) is 11.3. The lowest BCUT2D eigenvalue weighted by atomic mass is 9.78. The second-order valence-corrected chi connectivity index (χ2v) is 4.67. The molecule has 16 heavy (non-hydrogen) atoms. The number of hydrogen-bond donors (Lipinski definition) is 0. The zero-order valence-corrected chi connectivity index (χ0v) is 10.5. The van der Waals surface area contributed by atoms with E-state index in [0.29, 0.717) is 18.4 Å². The molecule has 0 heterocycles. The van der Waals surface area contributed by atoms with Crippen molar-refractivity contribution in [3.63, 3.8) is 0 Å². The maximum absolute atomic E-state index is 11.3. The van der Waals surface area contributed by atoms with Crippen LogP contribution in [0.2, 0.25) is 0 Å². The zero-order chi connectivity index (χ0) is 12.1. The average Bonchev–Trinajstić information content (AvgIpc) is 2.21. The summed E-state index contributed by atoms with van der Waals surface area (Å²) in [5.74, 6) is 0.899. The summed E-state index contributed by atoms with van der Waals surface area (Å²) < 4.78 is 10.1. The molecule has 92 valence electrons. The van der Waals surface area contributed by atoms with Gasteiger partial charge in [-0.3, -0.25) is 0 Å². The largest absolute Gasteiger partial charge is 0.508 e. The highest BCUT2D eigenvalue weighted by Crippen LogP contribution is 2.34. The van der Waals surface area contributed by atoms with Crippen molar-refractivity contribution in [1.82, 2.24) is 0 Å². The molecular formula is C13H22O3. The molecular weight excluding hydrogens is 204 g/mol. The van der Waals surface area contributed by atoms with Gasteiger partial charge in [-0.1, -0.05) is 19.1 Å². The molecule has 0 bridgehead atoms. The van der Waals surface area contributed by atoms with E-state index in [1.165, 1.54) is 5.57 Å². The summed E-state index contributed by atoms with van der Waals surface area (Å²) in [6.07, 6.45) is 2.56. The van der Waals surface area contributed by atoms with E-state index in [0.717, 1.165) is 19.3 Å². The van der Waals surface area contributed by atoms with Gasteiger partial charge in [0.25, 0.3) is 0 Å². The molecule has 0 radical (unpaired) electrons. The first-order valence-electron chi connectivity index (χ1n) is 6.03. The standard InChI is InChI=1S/C13H22O3/c1-5-15-13(14)16-12-8-11(9(2)3)7-6-10(12)4/h10-12H,2,5-8H2,1,3-4H3/t10?,11-,12+/m1/s1. The van der Waals surface area contributed by atoms with Crippen molar-refractivity contribution in [3.05, 3.63) is 12.2 Å². The molecule has 1 saturated carbocycles. The molecule has 0 spiro atoms. The third-order valence-electron chi connectivity index (χ3n) is 3.33. The van der Waals surface area contributed by atoms with Gasteiger partial charge in [-0.2, -0.15) is 0 Å². The molecule has 0 N–H and O–H groups in total. The molecule has 3 atom stereocenters. The zero-order valence-electron chi connectivity index (χ0n) is 10.5. The lowest BCUT2D eigenvalue weighted by molar-refractivity contribution is -0.0137. The molecule has 1 rings (SSSR count). The summed E-state index contributed by atoms with van der Waals surface area (Å²) >= 11 is 0. The van der Waals surface area contributed by atoms with Crippen molar-refractivity contribution >= 4 is 6.16 Å². The first kappa shape index (κ1) is 13.1. The Hall–Kier alpha value is -0.990. The molecule has 1 aliphatic carbocycles. The molecule has 0 aromatic rings. The molecule has 0 amide bonds. The second kappa shape index (κ2) is 5.92. The van der Waals surface area contributed by atoms with E-state index < -0.39 is 6.16 Å². The Kier molecular flexibility index (Phi) is 4.84. The van der Waals surface area contributed by atoms with Gasteiger partial charge in [0, 0.05) is 0 Å². The molecule has 0 aliphatic heterocycles. The van der Waals surface area contributed by atoms with Crippen LogP contribution in [0, 0.1) is 11.8 Å². The Balaban J connectivity index is 2.49. The number of ether oxygens (including phenoxy) is 2. The fraction of sp³-hybridized carbons (Fsp3) is 0.769. The van der Waals surface area contributed by atoms with Crippen LogP contribution in [0.4, 0.5) is 4.79 Å². The van der Waals surface area contributed by atoms with Crippen molar-refractivity contribution in [2.75, 3.05) is 6.61 Å². The fourth-order valence-corrected chi connectivity index (χ4v) is 2.17. The molecule has 1 fully saturated rings. The lowest BCUT2D eigenvalue weighted by Crippen LogP contribution is -2.32. The van der Waals surface area contributed by atoms with Crippen LogP contribution >= 0.6 is 0 Å². The third kappa shape index (κ3) is 3.54. The van der Waals surface area contributed by atoms with Gasteiger partial charge in [0.2, 0.25) is 0 Å². The van der Waals surface area contributed by atoms with Crippen LogP contribution in [0.5, 0.6) is 0 Å². The van der Waals surface area contributed by atoms with E-state index in [9.17, 15) is 4.79 Å². The van der Waals surface area contributed by atoms with Gasteiger partial charge in [-0.25, -0.2) is 4.79 Å². The maximum Gasteiger partial charge on any atom is 0.508 e. The van der Waals surface area contributed by atoms with Gasteiger partial charge in [0.15, 0.2) is 0 Å². The van der Waals surface area contributed by atoms with Gasteiger partial charge in [-0.05, 0) is 44.9 Å². The van der Waals surface area contributed by atoms with Gasteiger partial charge in [-0.15, -0.1) is 0 Å². The van der Waals surface area contributed by atoms with Crippen LogP contribution in [0.15, 0.2) is 12.2 Å². The van der Waals surface area contributed by atoms with Crippen LogP contribution in [-0.4, -0.2) is 18.9 Å². The molecule has 1 unspecified atom stereocenters. The number of hydrogen-bond acceptors (Lipinski definition) is 3. The van der Waals surface area contributed by atoms with E-state index in [2.05, 4.69) is 13.5 Å². The number of rotatable bonds is 3. The van der Waals surface area contributed by atoms with E-state index in [1.807, 2.05) is 6.92 Å². The van der Waals surface area contributed by atoms with Crippen molar-refractivity contribution in [3.8, 4) is 0 Å². The lowest BCUT2D eigenvalue weighted by Gasteiger charge is -2.33. The Morgan fingerprint density at radius 2 is 2.12 bits per heavy atom. The highest BCUT2D eigenvalue weighted by Gasteiger charge is 2.31. The first-order valence-corrected chi connectivity index (χ1v) is 6.03. The monoisotopic (exact) mass is 226 g/mol. The average molecular weight is 226 g/mol. The summed E-state index contributed by atoms with van der Waals surface area (Å²) in [5, 5.41) is 0. The van der Waals surface area contributed by atoms with Crippen LogP contribution in [-0.2, 0) is 9.47 Å². The topological polar surface area (TPSA) is 35.5 Å². The third-order valence-corrected chi connectivity index (χ3v) is 3.33. The second-order valence-electron chi connectivity index (χ2n) is 4.67. The fourth-order valence-electron chi connectivity index (χ4n) is 2.17. The van der Waals surface area contributed by atoms with Crippen LogP contribution in [0.25, 0.3) is 0 Å². The van der Waals surface area contributed by atoms with Crippen molar-refractivity contribution in [2.45, 2.75) is 46.1 Å². The predicted octanol–water partition coefficient (Wildman–Crippen LogP) is 3.54. The molecule has 3 nitrogen and oxygen atoms in total. The Bertz CT molecular complexity index is 260. The maximum atomic E-state index is 11.3. The highest BCUT2D eigenvalue weighted by atomic mass is 16.7. The molecule has 1 aliphatic rings. The Morgan fingerprint density at radius 1 is 1.44 bits per heavy atom. The van der Waals surface area contributed by atoms with Gasteiger partial charge in [0.1, 0.15) is 6.10 Å². The van der Waals surface area contributed by atoms with E-state index in [-0.39, 0.29) is 6.10 Å². The Morgan fingerprint density at radius 3 is 2.69 bits per heavy atom. The molecule has 0 aromatic heterocycles. The van der Waals surface area contributed by atoms with E-state index in [4.69, 9.17) is 9.47 Å². The quantitative estimate of drug-likeness (QED) is 0.545.